The molecular formula is C17H21N3O3S. The van der Waals surface area contributed by atoms with E-state index in [-0.39, 0.29) is 23.1 Å². The maximum atomic E-state index is 12.0. The molecule has 0 atom stereocenters. The van der Waals surface area contributed by atoms with Crippen LogP contribution in [-0.2, 0) is 4.79 Å². The molecular weight excluding hydrogens is 326 g/mol. The Morgan fingerprint density at radius 2 is 2.04 bits per heavy atom. The first kappa shape index (κ1) is 19.5. The van der Waals surface area contributed by atoms with Crippen LogP contribution in [0.2, 0.25) is 0 Å². The number of rotatable bonds is 8. The average molecular weight is 347 g/mol. The van der Waals surface area contributed by atoms with Gasteiger partial charge in [-0.1, -0.05) is 18.3 Å². The molecule has 0 spiro atoms. The summed E-state index contributed by atoms with van der Waals surface area (Å²) in [4.78, 5) is 13.7. The van der Waals surface area contributed by atoms with Crippen LogP contribution in [0.1, 0.15) is 19.4 Å². The maximum Gasteiger partial charge on any atom is 0.260 e. The lowest BCUT2D eigenvalue weighted by atomic mass is 10.1. The second-order valence-corrected chi connectivity index (χ2v) is 5.24. The van der Waals surface area contributed by atoms with E-state index in [0.29, 0.717) is 30.2 Å². The van der Waals surface area contributed by atoms with Gasteiger partial charge in [0.15, 0.2) is 18.1 Å². The van der Waals surface area contributed by atoms with E-state index in [9.17, 15) is 4.79 Å². The number of hydrogen-bond donors (Lipinski definition) is 1. The van der Waals surface area contributed by atoms with E-state index in [0.717, 1.165) is 0 Å². The molecule has 1 aromatic carbocycles. The lowest BCUT2D eigenvalue weighted by Crippen LogP contribution is -2.34. The Labute approximate surface area is 147 Å². The van der Waals surface area contributed by atoms with Crippen molar-refractivity contribution in [2.45, 2.75) is 13.8 Å². The first-order valence-corrected chi connectivity index (χ1v) is 7.87. The van der Waals surface area contributed by atoms with Crippen LogP contribution in [0.5, 0.6) is 11.5 Å². The summed E-state index contributed by atoms with van der Waals surface area (Å²) < 4.78 is 10.8. The van der Waals surface area contributed by atoms with Gasteiger partial charge in [0.25, 0.3) is 5.91 Å². The van der Waals surface area contributed by atoms with Gasteiger partial charge in [-0.05, 0) is 37.6 Å². The van der Waals surface area contributed by atoms with Crippen LogP contribution in [0, 0.1) is 11.3 Å². The fourth-order valence-electron chi connectivity index (χ4n) is 2.03. The fourth-order valence-corrected chi connectivity index (χ4v) is 2.13. The lowest BCUT2D eigenvalue weighted by molar-refractivity contribution is -0.132. The quantitative estimate of drug-likeness (QED) is 0.440. The van der Waals surface area contributed by atoms with Crippen LogP contribution in [-0.4, -0.2) is 42.6 Å². The molecule has 0 bridgehead atoms. The van der Waals surface area contributed by atoms with Crippen LogP contribution >= 0.6 is 12.2 Å². The normalized spacial score (nSPS) is 10.7. The summed E-state index contributed by atoms with van der Waals surface area (Å²) in [5.41, 5.74) is 6.37. The monoisotopic (exact) mass is 347 g/mol. The number of nitrogens with two attached hydrogens (primary N) is 1. The van der Waals surface area contributed by atoms with Gasteiger partial charge in [-0.3, -0.25) is 4.79 Å². The number of methoxy groups -OCH3 is 1. The molecule has 0 aliphatic rings. The predicted molar refractivity (Wildman–Crippen MR) is 96.8 cm³/mol. The Morgan fingerprint density at radius 3 is 2.54 bits per heavy atom. The first-order chi connectivity index (χ1) is 11.5. The van der Waals surface area contributed by atoms with Crippen LogP contribution < -0.4 is 15.2 Å². The number of amides is 1. The Balaban J connectivity index is 2.94. The lowest BCUT2D eigenvalue weighted by Gasteiger charge is -2.19. The third-order valence-electron chi connectivity index (χ3n) is 3.35. The number of benzene rings is 1. The summed E-state index contributed by atoms with van der Waals surface area (Å²) in [6.07, 6.45) is 1.57. The van der Waals surface area contributed by atoms with Crippen LogP contribution in [0.3, 0.4) is 0 Å². The second-order valence-electron chi connectivity index (χ2n) is 4.80. The zero-order valence-corrected chi connectivity index (χ0v) is 14.9. The number of hydrogen-bond acceptors (Lipinski definition) is 5. The fraction of sp³-hybridized carbons (Fsp3) is 0.353. The molecule has 128 valence electrons. The predicted octanol–water partition coefficient (Wildman–Crippen LogP) is 2.14. The highest BCUT2D eigenvalue weighted by Crippen LogP contribution is 2.29. The van der Waals surface area contributed by atoms with E-state index >= 15 is 0 Å². The van der Waals surface area contributed by atoms with Gasteiger partial charge in [-0.25, -0.2) is 0 Å². The van der Waals surface area contributed by atoms with Crippen molar-refractivity contribution in [1.29, 1.82) is 5.26 Å². The number of likely N-dealkylation sites (N-methyl/N-ethyl adjacent to an activating group) is 1. The average Bonchev–Trinajstić information content (AvgIpc) is 2.58. The minimum Gasteiger partial charge on any atom is -0.493 e. The number of ether oxygens (including phenoxy) is 2. The van der Waals surface area contributed by atoms with Crippen LogP contribution in [0.25, 0.3) is 6.08 Å². The molecule has 7 heteroatoms. The molecule has 2 N–H and O–H groups in total. The molecule has 1 amide bonds. The smallest absolute Gasteiger partial charge is 0.260 e. The van der Waals surface area contributed by atoms with Crippen molar-refractivity contribution in [2.24, 2.45) is 5.73 Å². The summed E-state index contributed by atoms with van der Waals surface area (Å²) in [7, 11) is 1.50. The third-order valence-corrected chi connectivity index (χ3v) is 3.57. The van der Waals surface area contributed by atoms with Gasteiger partial charge in [0, 0.05) is 13.1 Å². The number of thiocarbonyl (C=S) groups is 1. The maximum absolute atomic E-state index is 12.0. The molecule has 0 unspecified atom stereocenters. The minimum atomic E-state index is -0.0914. The molecule has 0 aliphatic carbocycles. The van der Waals surface area contributed by atoms with Crippen molar-refractivity contribution in [3.05, 3.63) is 29.3 Å². The van der Waals surface area contributed by atoms with Gasteiger partial charge in [-0.15, -0.1) is 0 Å². The molecule has 1 aromatic rings. The minimum absolute atomic E-state index is 0.0293. The Hall–Kier alpha value is -2.59. The van der Waals surface area contributed by atoms with Crippen molar-refractivity contribution in [1.82, 2.24) is 4.90 Å². The highest BCUT2D eigenvalue weighted by atomic mass is 32.1. The van der Waals surface area contributed by atoms with E-state index in [1.165, 1.54) is 7.11 Å². The number of nitriles is 1. The van der Waals surface area contributed by atoms with E-state index < -0.39 is 0 Å². The third kappa shape index (κ3) is 5.25. The zero-order chi connectivity index (χ0) is 18.1. The molecule has 24 heavy (non-hydrogen) atoms. The summed E-state index contributed by atoms with van der Waals surface area (Å²) >= 11 is 4.81. The molecule has 1 rings (SSSR count). The highest BCUT2D eigenvalue weighted by molar-refractivity contribution is 7.80. The van der Waals surface area contributed by atoms with Crippen LogP contribution in [0.4, 0.5) is 0 Å². The summed E-state index contributed by atoms with van der Waals surface area (Å²) in [6.45, 7) is 5.03. The summed E-state index contributed by atoms with van der Waals surface area (Å²) in [5, 5.41) is 9.00. The molecule has 0 radical (unpaired) electrons. The largest absolute Gasteiger partial charge is 0.493 e. The van der Waals surface area contributed by atoms with E-state index in [1.54, 1.807) is 29.2 Å². The molecule has 0 aromatic heterocycles. The standard InChI is InChI=1S/C17H21N3O3S/c1-4-20(5-2)16(21)11-23-14-7-6-12(9-15(14)22-3)8-13(10-18)17(19)24/h6-9H,4-5,11H2,1-3H3,(H2,19,24). The van der Waals surface area contributed by atoms with Crippen molar-refractivity contribution >= 4 is 29.2 Å². The van der Waals surface area contributed by atoms with Crippen molar-refractivity contribution in [3.63, 3.8) is 0 Å². The number of carbonyl (C=O) groups is 1. The summed E-state index contributed by atoms with van der Waals surface area (Å²) in [5.74, 6) is 0.812. The molecule has 0 fully saturated rings. The van der Waals surface area contributed by atoms with E-state index in [4.69, 9.17) is 32.7 Å². The molecule has 0 saturated carbocycles. The molecule has 0 aliphatic heterocycles. The van der Waals surface area contributed by atoms with Crippen molar-refractivity contribution in [2.75, 3.05) is 26.8 Å². The summed E-state index contributed by atoms with van der Waals surface area (Å²) in [6, 6.07) is 7.03. The Bertz CT molecular complexity index is 676. The Morgan fingerprint density at radius 1 is 1.38 bits per heavy atom. The van der Waals surface area contributed by atoms with Gasteiger partial charge in [0.2, 0.25) is 0 Å². The van der Waals surface area contributed by atoms with Crippen LogP contribution in [0.15, 0.2) is 23.8 Å². The molecule has 6 nitrogen and oxygen atoms in total. The van der Waals surface area contributed by atoms with E-state index in [2.05, 4.69) is 0 Å². The van der Waals surface area contributed by atoms with Gasteiger partial charge in [-0.2, -0.15) is 5.26 Å². The SMILES string of the molecule is CCN(CC)C(=O)COc1ccc(C=C(C#N)C(N)=S)cc1OC. The van der Waals surface area contributed by atoms with E-state index in [1.807, 2.05) is 19.9 Å². The molecule has 0 heterocycles. The molecule has 0 saturated heterocycles. The topological polar surface area (TPSA) is 88.6 Å². The van der Waals surface area contributed by atoms with Gasteiger partial charge >= 0.3 is 0 Å². The van der Waals surface area contributed by atoms with Gasteiger partial charge in [0.05, 0.1) is 12.7 Å². The Kier molecular flexibility index (Phi) is 7.72. The number of carbonyl (C=O) groups excluding carboxylic acids is 1. The van der Waals surface area contributed by atoms with Gasteiger partial charge < -0.3 is 20.1 Å². The first-order valence-electron chi connectivity index (χ1n) is 7.46. The number of nitrogens with zero attached hydrogens (tertiary/aromatic N) is 2. The zero-order valence-electron chi connectivity index (χ0n) is 14.0. The second kappa shape index (κ2) is 9.53. The van der Waals surface area contributed by atoms with Crippen molar-refractivity contribution < 1.29 is 14.3 Å². The van der Waals surface area contributed by atoms with Crippen molar-refractivity contribution in [3.8, 4) is 17.6 Å². The van der Waals surface area contributed by atoms with Gasteiger partial charge in [0.1, 0.15) is 11.1 Å². The highest BCUT2D eigenvalue weighted by Gasteiger charge is 2.12.